The van der Waals surface area contributed by atoms with Gasteiger partial charge in [-0.15, -0.1) is 0 Å². The van der Waals surface area contributed by atoms with Crippen molar-refractivity contribution in [3.05, 3.63) is 0 Å². The number of carbonyl (C=O) groups is 2. The molecule has 0 saturated carbocycles. The van der Waals surface area contributed by atoms with E-state index in [0.29, 0.717) is 0 Å². The number of amides is 3. The molecule has 0 aliphatic carbocycles. The first-order valence-electron chi connectivity index (χ1n) is 5.31. The summed E-state index contributed by atoms with van der Waals surface area (Å²) >= 11 is 3.22. The van der Waals surface area contributed by atoms with Crippen LogP contribution >= 0.6 is 15.9 Å². The van der Waals surface area contributed by atoms with Gasteiger partial charge in [-0.25, -0.2) is 4.79 Å². The van der Waals surface area contributed by atoms with Gasteiger partial charge in [0.2, 0.25) is 5.91 Å². The number of likely N-dealkylation sites (N-methyl/N-ethyl adjacent to an activating group) is 1. The van der Waals surface area contributed by atoms with E-state index in [4.69, 9.17) is 0 Å². The molecule has 1 heterocycles. The topological polar surface area (TPSA) is 40.6 Å². The number of nitrogens with zero attached hydrogens (tertiary/aromatic N) is 2. The lowest BCUT2D eigenvalue weighted by atomic mass is 9.82. The third-order valence-electron chi connectivity index (χ3n) is 3.93. The molecule has 1 unspecified atom stereocenters. The first-order chi connectivity index (χ1) is 7.05. The van der Waals surface area contributed by atoms with Crippen LogP contribution in [-0.2, 0) is 4.79 Å². The first kappa shape index (κ1) is 13.5. The number of imide groups is 1. The fraction of sp³-hybridized carbons (Fsp3) is 0.818. The van der Waals surface area contributed by atoms with Gasteiger partial charge in [0.25, 0.3) is 0 Å². The molecule has 5 heteroatoms. The van der Waals surface area contributed by atoms with Gasteiger partial charge in [-0.3, -0.25) is 9.69 Å². The Labute approximate surface area is 105 Å². The van der Waals surface area contributed by atoms with Crippen LogP contribution < -0.4 is 0 Å². The fourth-order valence-electron chi connectivity index (χ4n) is 1.86. The highest BCUT2D eigenvalue weighted by Gasteiger charge is 2.58. The minimum Gasteiger partial charge on any atom is -0.320 e. The Morgan fingerprint density at radius 2 is 1.69 bits per heavy atom. The van der Waals surface area contributed by atoms with Gasteiger partial charge in [0.15, 0.2) is 0 Å². The molecule has 0 aromatic rings. The molecule has 3 amide bonds. The summed E-state index contributed by atoms with van der Waals surface area (Å²) in [5, 5.41) is 0. The van der Waals surface area contributed by atoms with E-state index in [1.165, 1.54) is 4.90 Å². The lowest BCUT2D eigenvalue weighted by Gasteiger charge is -2.40. The van der Waals surface area contributed by atoms with Crippen LogP contribution in [0.1, 0.15) is 34.6 Å². The molecule has 1 fully saturated rings. The van der Waals surface area contributed by atoms with Crippen LogP contribution in [0, 0.1) is 0 Å². The number of halogens is 1. The van der Waals surface area contributed by atoms with Crippen LogP contribution in [0.25, 0.3) is 0 Å². The molecule has 0 aromatic heterocycles. The van der Waals surface area contributed by atoms with Gasteiger partial charge in [0, 0.05) is 7.05 Å². The van der Waals surface area contributed by atoms with Crippen molar-refractivity contribution in [1.29, 1.82) is 0 Å². The minimum absolute atomic E-state index is 0.188. The van der Waals surface area contributed by atoms with Crippen LogP contribution in [0.4, 0.5) is 4.79 Å². The molecule has 0 N–H and O–H groups in total. The monoisotopic (exact) mass is 290 g/mol. The molecule has 1 rings (SSSR count). The van der Waals surface area contributed by atoms with Crippen molar-refractivity contribution in [3.63, 3.8) is 0 Å². The molecule has 0 radical (unpaired) electrons. The summed E-state index contributed by atoms with van der Waals surface area (Å²) in [6, 6.07) is -0.230. The highest BCUT2D eigenvalue weighted by atomic mass is 79.9. The Hall–Kier alpha value is -0.580. The predicted molar refractivity (Wildman–Crippen MR) is 66.6 cm³/mol. The van der Waals surface area contributed by atoms with Crippen LogP contribution in [-0.4, -0.2) is 44.7 Å². The van der Waals surface area contributed by atoms with E-state index < -0.39 is 5.54 Å². The Morgan fingerprint density at radius 1 is 1.25 bits per heavy atom. The smallest absolute Gasteiger partial charge is 0.320 e. The number of carbonyl (C=O) groups excluding carboxylic acids is 2. The lowest BCUT2D eigenvalue weighted by Crippen LogP contribution is -2.55. The molecule has 0 aromatic carbocycles. The Bertz CT molecular complexity index is 337. The summed E-state index contributed by atoms with van der Waals surface area (Å²) in [7, 11) is 1.73. The van der Waals surface area contributed by atoms with Crippen molar-refractivity contribution < 1.29 is 9.59 Å². The molecule has 0 bridgehead atoms. The van der Waals surface area contributed by atoms with E-state index in [9.17, 15) is 9.59 Å². The number of hydrogen-bond donors (Lipinski definition) is 0. The maximum atomic E-state index is 12.1. The number of rotatable bonds is 1. The summed E-state index contributed by atoms with van der Waals surface area (Å²) in [5.41, 5.74) is -0.889. The van der Waals surface area contributed by atoms with E-state index in [0.717, 1.165) is 0 Å². The highest BCUT2D eigenvalue weighted by Crippen LogP contribution is 2.40. The average Bonchev–Trinajstić information content (AvgIpc) is 2.25. The third-order valence-corrected chi connectivity index (χ3v) is 4.33. The van der Waals surface area contributed by atoms with Gasteiger partial charge in [-0.05, 0) is 34.6 Å². The quantitative estimate of drug-likeness (QED) is 0.695. The molecule has 1 atom stereocenters. The van der Waals surface area contributed by atoms with Crippen LogP contribution in [0.15, 0.2) is 0 Å². The third kappa shape index (κ3) is 1.56. The van der Waals surface area contributed by atoms with Crippen molar-refractivity contribution in [2.45, 2.75) is 50.5 Å². The first-order valence-corrected chi connectivity index (χ1v) is 6.22. The molecule has 4 nitrogen and oxygen atoms in total. The second-order valence-corrected chi connectivity index (χ2v) is 6.62. The van der Waals surface area contributed by atoms with Crippen molar-refractivity contribution >= 4 is 27.9 Å². The molecule has 92 valence electrons. The van der Waals surface area contributed by atoms with Crippen molar-refractivity contribution in [3.8, 4) is 0 Å². The van der Waals surface area contributed by atoms with Gasteiger partial charge >= 0.3 is 6.03 Å². The Morgan fingerprint density at radius 3 is 1.94 bits per heavy atom. The molecule has 16 heavy (non-hydrogen) atoms. The SMILES string of the molecule is CC(Br)C(=O)N1C(=O)N(C)C(C)(C)C1(C)C. The van der Waals surface area contributed by atoms with Crippen molar-refractivity contribution in [2.24, 2.45) is 0 Å². The zero-order valence-corrected chi connectivity index (χ0v) is 12.3. The predicted octanol–water partition coefficient (Wildman–Crippen LogP) is 2.22. The van der Waals surface area contributed by atoms with Crippen molar-refractivity contribution in [1.82, 2.24) is 9.80 Å². The number of urea groups is 1. The molecule has 1 aliphatic heterocycles. The standard InChI is InChI=1S/C11H19BrN2O2/c1-7(12)8(15)14-9(16)13(6)10(2,3)11(14,4)5/h7H,1-6H3. The Kier molecular flexibility index (Phi) is 3.14. The zero-order chi connectivity index (χ0) is 12.9. The largest absolute Gasteiger partial charge is 0.327 e. The summed E-state index contributed by atoms with van der Waals surface area (Å²) in [4.78, 5) is 26.8. The van der Waals surface area contributed by atoms with Gasteiger partial charge in [-0.2, -0.15) is 0 Å². The summed E-state index contributed by atoms with van der Waals surface area (Å²) in [6.07, 6.45) is 0. The van der Waals surface area contributed by atoms with Gasteiger partial charge < -0.3 is 4.90 Å². The molecular weight excluding hydrogens is 272 g/mol. The van der Waals surface area contributed by atoms with E-state index in [1.807, 2.05) is 27.7 Å². The summed E-state index contributed by atoms with van der Waals surface area (Å²) in [5.74, 6) is -0.188. The summed E-state index contributed by atoms with van der Waals surface area (Å²) < 4.78 is 0. The second-order valence-electron chi connectivity index (χ2n) is 5.25. The zero-order valence-electron chi connectivity index (χ0n) is 10.7. The van der Waals surface area contributed by atoms with Crippen LogP contribution in [0.5, 0.6) is 0 Å². The molecule has 0 spiro atoms. The van der Waals surface area contributed by atoms with Crippen molar-refractivity contribution in [2.75, 3.05) is 7.05 Å². The second kappa shape index (κ2) is 3.72. The van der Waals surface area contributed by atoms with Gasteiger partial charge in [0.1, 0.15) is 0 Å². The number of alkyl halides is 1. The van der Waals surface area contributed by atoms with E-state index in [2.05, 4.69) is 15.9 Å². The highest BCUT2D eigenvalue weighted by molar-refractivity contribution is 9.10. The summed E-state index contributed by atoms with van der Waals surface area (Å²) in [6.45, 7) is 9.51. The molecular formula is C11H19BrN2O2. The van der Waals surface area contributed by atoms with E-state index >= 15 is 0 Å². The van der Waals surface area contributed by atoms with Gasteiger partial charge in [-0.1, -0.05) is 15.9 Å². The molecule has 1 saturated heterocycles. The van der Waals surface area contributed by atoms with Crippen LogP contribution in [0.3, 0.4) is 0 Å². The van der Waals surface area contributed by atoms with Gasteiger partial charge in [0.05, 0.1) is 15.9 Å². The maximum Gasteiger partial charge on any atom is 0.327 e. The van der Waals surface area contributed by atoms with E-state index in [-0.39, 0.29) is 22.3 Å². The van der Waals surface area contributed by atoms with Crippen LogP contribution in [0.2, 0.25) is 0 Å². The lowest BCUT2D eigenvalue weighted by molar-refractivity contribution is -0.131. The maximum absolute atomic E-state index is 12.1. The van der Waals surface area contributed by atoms with E-state index in [1.54, 1.807) is 18.9 Å². The molecule has 1 aliphatic rings. The Balaban J connectivity index is 3.22. The number of hydrogen-bond acceptors (Lipinski definition) is 2. The minimum atomic E-state index is -0.516. The fourth-order valence-corrected chi connectivity index (χ4v) is 2.06. The normalized spacial score (nSPS) is 24.8. The average molecular weight is 291 g/mol.